The van der Waals surface area contributed by atoms with Gasteiger partial charge in [0, 0.05) is 32.8 Å². The average molecular weight is 386 g/mol. The lowest BCUT2D eigenvalue weighted by atomic mass is 10.1. The van der Waals surface area contributed by atoms with E-state index in [4.69, 9.17) is 11.6 Å². The molecule has 0 saturated carbocycles. The summed E-state index contributed by atoms with van der Waals surface area (Å²) in [7, 11) is 0. The van der Waals surface area contributed by atoms with Crippen molar-refractivity contribution in [2.45, 2.75) is 6.42 Å². The van der Waals surface area contributed by atoms with Crippen molar-refractivity contribution in [3.63, 3.8) is 0 Å². The molecule has 0 aliphatic carbocycles. The molecule has 2 aromatic rings. The molecule has 2 aromatic carbocycles. The second kappa shape index (κ2) is 6.91. The van der Waals surface area contributed by atoms with Crippen LogP contribution in [0.2, 0.25) is 5.02 Å². The van der Waals surface area contributed by atoms with Gasteiger partial charge in [-0.25, -0.2) is 0 Å². The Morgan fingerprint density at radius 1 is 1.05 bits per heavy atom. The third-order valence-electron chi connectivity index (χ3n) is 2.69. The van der Waals surface area contributed by atoms with Crippen molar-refractivity contribution in [1.29, 1.82) is 0 Å². The molecule has 0 amide bonds. The van der Waals surface area contributed by atoms with E-state index in [9.17, 15) is 4.79 Å². The first-order chi connectivity index (χ1) is 9.15. The molecule has 19 heavy (non-hydrogen) atoms. The molecule has 0 fully saturated rings. The molecule has 0 radical (unpaired) electrons. The Kier molecular flexibility index (Phi) is 5.22. The highest BCUT2D eigenvalue weighted by Gasteiger charge is 2.05. The summed E-state index contributed by atoms with van der Waals surface area (Å²) >= 11 is 8.05. The number of carbonyl (C=O) groups excluding carboxylic acids is 1. The Balaban J connectivity index is 1.84. The number of benzene rings is 2. The molecule has 0 aromatic heterocycles. The number of ketones is 1. The third-order valence-corrected chi connectivity index (χ3v) is 3.66. The monoisotopic (exact) mass is 385 g/mol. The summed E-state index contributed by atoms with van der Waals surface area (Å²) in [6, 6.07) is 15.1. The minimum Gasteiger partial charge on any atom is -0.385 e. The molecule has 0 atom stereocenters. The molecule has 0 spiro atoms. The smallest absolute Gasteiger partial charge is 0.164 e. The first-order valence-electron chi connectivity index (χ1n) is 5.93. The normalized spacial score (nSPS) is 10.2. The van der Waals surface area contributed by atoms with E-state index in [0.717, 1.165) is 5.69 Å². The fourth-order valence-corrected chi connectivity index (χ4v) is 2.15. The van der Waals surface area contributed by atoms with E-state index < -0.39 is 0 Å². The van der Waals surface area contributed by atoms with Crippen LogP contribution >= 0.6 is 34.2 Å². The minimum atomic E-state index is 0.120. The zero-order chi connectivity index (χ0) is 13.7. The molecular weight excluding hydrogens is 373 g/mol. The van der Waals surface area contributed by atoms with Crippen LogP contribution in [0.3, 0.4) is 0 Å². The highest BCUT2D eigenvalue weighted by atomic mass is 127. The minimum absolute atomic E-state index is 0.120. The molecule has 0 aliphatic rings. The van der Waals surface area contributed by atoms with Gasteiger partial charge >= 0.3 is 0 Å². The SMILES string of the molecule is O=C(CCNc1ccc(I)cc1)c1ccc(Cl)cc1. The van der Waals surface area contributed by atoms with Crippen molar-refractivity contribution in [3.05, 3.63) is 62.7 Å². The number of rotatable bonds is 5. The van der Waals surface area contributed by atoms with Crippen LogP contribution in [0, 0.1) is 3.57 Å². The average Bonchev–Trinajstić information content (AvgIpc) is 2.41. The number of halogens is 2. The number of hydrogen-bond acceptors (Lipinski definition) is 2. The molecule has 2 nitrogen and oxygen atoms in total. The molecule has 0 unspecified atom stereocenters. The van der Waals surface area contributed by atoms with Crippen molar-refractivity contribution >= 4 is 45.7 Å². The van der Waals surface area contributed by atoms with E-state index in [1.165, 1.54) is 3.57 Å². The Morgan fingerprint density at radius 2 is 1.68 bits per heavy atom. The van der Waals surface area contributed by atoms with Crippen LogP contribution in [0.4, 0.5) is 5.69 Å². The molecule has 2 rings (SSSR count). The van der Waals surface area contributed by atoms with Crippen LogP contribution in [0.1, 0.15) is 16.8 Å². The van der Waals surface area contributed by atoms with Gasteiger partial charge in [-0.15, -0.1) is 0 Å². The molecule has 1 N–H and O–H groups in total. The second-order valence-electron chi connectivity index (χ2n) is 4.11. The Hall–Kier alpha value is -1.07. The summed E-state index contributed by atoms with van der Waals surface area (Å²) < 4.78 is 1.19. The number of carbonyl (C=O) groups is 1. The van der Waals surface area contributed by atoms with Gasteiger partial charge in [0.2, 0.25) is 0 Å². The topological polar surface area (TPSA) is 29.1 Å². The molecule has 0 aliphatic heterocycles. The zero-order valence-corrected chi connectivity index (χ0v) is 13.1. The predicted molar refractivity (Wildman–Crippen MR) is 88.0 cm³/mol. The second-order valence-corrected chi connectivity index (χ2v) is 5.80. The van der Waals surface area contributed by atoms with E-state index in [-0.39, 0.29) is 5.78 Å². The zero-order valence-electron chi connectivity index (χ0n) is 10.2. The van der Waals surface area contributed by atoms with E-state index >= 15 is 0 Å². The highest BCUT2D eigenvalue weighted by molar-refractivity contribution is 14.1. The van der Waals surface area contributed by atoms with Gasteiger partial charge in [0.15, 0.2) is 5.78 Å². The van der Waals surface area contributed by atoms with Gasteiger partial charge in [0.25, 0.3) is 0 Å². The van der Waals surface area contributed by atoms with Gasteiger partial charge in [-0.2, -0.15) is 0 Å². The van der Waals surface area contributed by atoms with Crippen molar-refractivity contribution < 1.29 is 4.79 Å². The number of nitrogens with one attached hydrogen (secondary N) is 1. The summed E-state index contributed by atoms with van der Waals surface area (Å²) in [6.07, 6.45) is 0.466. The molecule has 98 valence electrons. The van der Waals surface area contributed by atoms with Gasteiger partial charge in [-0.3, -0.25) is 4.79 Å². The first-order valence-corrected chi connectivity index (χ1v) is 7.39. The molecule has 0 saturated heterocycles. The Labute approximate surface area is 131 Å². The molecular formula is C15H13ClINO. The summed E-state index contributed by atoms with van der Waals surface area (Å²) in [5, 5.41) is 3.88. The van der Waals surface area contributed by atoms with Gasteiger partial charge in [0.1, 0.15) is 0 Å². The number of hydrogen-bond donors (Lipinski definition) is 1. The quantitative estimate of drug-likeness (QED) is 0.600. The van der Waals surface area contributed by atoms with Crippen LogP contribution in [0.5, 0.6) is 0 Å². The third kappa shape index (κ3) is 4.51. The van der Waals surface area contributed by atoms with E-state index in [1.54, 1.807) is 24.3 Å². The van der Waals surface area contributed by atoms with Crippen molar-refractivity contribution in [1.82, 2.24) is 0 Å². The highest BCUT2D eigenvalue weighted by Crippen LogP contribution is 2.13. The maximum atomic E-state index is 11.9. The first kappa shape index (κ1) is 14.3. The van der Waals surface area contributed by atoms with Gasteiger partial charge in [0.05, 0.1) is 0 Å². The lowest BCUT2D eigenvalue weighted by Gasteiger charge is -2.06. The lowest BCUT2D eigenvalue weighted by molar-refractivity contribution is 0.0986. The fourth-order valence-electron chi connectivity index (χ4n) is 1.67. The fraction of sp³-hybridized carbons (Fsp3) is 0.133. The maximum absolute atomic E-state index is 11.9. The van der Waals surface area contributed by atoms with Gasteiger partial charge < -0.3 is 5.32 Å². The summed E-state index contributed by atoms with van der Waals surface area (Å²) in [5.41, 5.74) is 1.73. The largest absolute Gasteiger partial charge is 0.385 e. The molecule has 4 heteroatoms. The Bertz CT molecular complexity index is 551. The van der Waals surface area contributed by atoms with Gasteiger partial charge in [-0.1, -0.05) is 11.6 Å². The number of anilines is 1. The molecule has 0 heterocycles. The van der Waals surface area contributed by atoms with Crippen molar-refractivity contribution in [2.75, 3.05) is 11.9 Å². The summed E-state index contributed by atoms with van der Waals surface area (Å²) in [4.78, 5) is 11.9. The Morgan fingerprint density at radius 3 is 2.32 bits per heavy atom. The van der Waals surface area contributed by atoms with E-state index in [1.807, 2.05) is 24.3 Å². The lowest BCUT2D eigenvalue weighted by Crippen LogP contribution is -2.08. The van der Waals surface area contributed by atoms with Gasteiger partial charge in [-0.05, 0) is 71.1 Å². The van der Waals surface area contributed by atoms with Crippen molar-refractivity contribution in [3.8, 4) is 0 Å². The summed E-state index contributed by atoms with van der Waals surface area (Å²) in [6.45, 7) is 0.627. The van der Waals surface area contributed by atoms with Crippen LogP contribution in [0.25, 0.3) is 0 Å². The van der Waals surface area contributed by atoms with Crippen LogP contribution in [-0.4, -0.2) is 12.3 Å². The van der Waals surface area contributed by atoms with Crippen molar-refractivity contribution in [2.24, 2.45) is 0 Å². The molecule has 0 bridgehead atoms. The predicted octanol–water partition coefficient (Wildman–Crippen LogP) is 4.63. The van der Waals surface area contributed by atoms with E-state index in [0.29, 0.717) is 23.6 Å². The number of Topliss-reactive ketones (excluding diaryl/α,β-unsaturated/α-hetero) is 1. The van der Waals surface area contributed by atoms with Crippen LogP contribution < -0.4 is 5.32 Å². The maximum Gasteiger partial charge on any atom is 0.164 e. The van der Waals surface area contributed by atoms with Crippen LogP contribution in [-0.2, 0) is 0 Å². The van der Waals surface area contributed by atoms with Crippen LogP contribution in [0.15, 0.2) is 48.5 Å². The van der Waals surface area contributed by atoms with E-state index in [2.05, 4.69) is 27.9 Å². The summed E-state index contributed by atoms with van der Waals surface area (Å²) in [5.74, 6) is 0.120. The standard InChI is InChI=1S/C15H13ClINO/c16-12-3-1-11(2-4-12)15(19)9-10-18-14-7-5-13(17)6-8-14/h1-8,18H,9-10H2.